The second-order valence-corrected chi connectivity index (χ2v) is 6.33. The molecule has 2 aromatic rings. The average molecular weight is 374 g/mol. The summed E-state index contributed by atoms with van der Waals surface area (Å²) in [7, 11) is 0. The lowest BCUT2D eigenvalue weighted by atomic mass is 9.98. The van der Waals surface area contributed by atoms with Gasteiger partial charge in [0.2, 0.25) is 0 Å². The Labute approximate surface area is 156 Å². The summed E-state index contributed by atoms with van der Waals surface area (Å²) in [5.41, 5.74) is 6.66. The number of carboxylic acid groups (broad SMARTS) is 1. The number of anilines is 1. The van der Waals surface area contributed by atoms with E-state index in [-0.39, 0.29) is 11.6 Å². The van der Waals surface area contributed by atoms with E-state index in [0.29, 0.717) is 10.2 Å². The van der Waals surface area contributed by atoms with Crippen LogP contribution < -0.4 is 10.6 Å². The molecule has 0 atom stereocenters. The van der Waals surface area contributed by atoms with Gasteiger partial charge in [0.25, 0.3) is 5.91 Å². The molecule has 1 aromatic carbocycles. The Morgan fingerprint density at radius 1 is 1.19 bits per heavy atom. The molecule has 1 aromatic heterocycles. The van der Waals surface area contributed by atoms with Crippen LogP contribution in [0, 0.1) is 16.0 Å². The Balaban J connectivity index is 0.000000208. The number of aromatic nitrogens is 1. The van der Waals surface area contributed by atoms with Crippen LogP contribution >= 0.6 is 0 Å². The summed E-state index contributed by atoms with van der Waals surface area (Å²) in [6.45, 7) is 4.31. The molecule has 1 aliphatic rings. The second kappa shape index (κ2) is 8.84. The molecule has 0 saturated carbocycles. The third-order valence-electron chi connectivity index (χ3n) is 4.42. The first kappa shape index (κ1) is 20.0. The molecule has 0 spiro atoms. The number of para-hydroxylation sites is 1. The summed E-state index contributed by atoms with van der Waals surface area (Å²) in [4.78, 5) is 33.9. The standard InChI is InChI=1S/C13H18N2O.C5H4N2O4/c1-10-6-8-15(9-7-10)12-5-3-2-4-11(12)13(14)16;8-5(9)4-2-1-3-6(4)7(10)11/h2-5,10H,6-9H2,1H3,(H2,14,16);1-3H,(H,8,9). The number of hydrogen-bond acceptors (Lipinski definition) is 5. The molecular weight excluding hydrogens is 352 g/mol. The minimum atomic E-state index is -1.31. The number of hydrogen-bond donors (Lipinski definition) is 2. The van der Waals surface area contributed by atoms with Crippen molar-refractivity contribution < 1.29 is 19.7 Å². The Hall–Kier alpha value is -3.36. The number of piperidine rings is 1. The normalized spacial score (nSPS) is 14.2. The van der Waals surface area contributed by atoms with Crippen molar-refractivity contribution in [2.24, 2.45) is 11.7 Å². The topological polar surface area (TPSA) is 132 Å². The van der Waals surface area contributed by atoms with Crippen LogP contribution in [0.25, 0.3) is 0 Å². The minimum Gasteiger partial charge on any atom is -0.476 e. The monoisotopic (exact) mass is 374 g/mol. The first-order valence-corrected chi connectivity index (χ1v) is 8.50. The van der Waals surface area contributed by atoms with E-state index in [1.807, 2.05) is 18.2 Å². The minimum absolute atomic E-state index is 0.339. The van der Waals surface area contributed by atoms with E-state index >= 15 is 0 Å². The molecule has 0 radical (unpaired) electrons. The summed E-state index contributed by atoms with van der Waals surface area (Å²) in [6.07, 6.45) is 3.45. The summed E-state index contributed by atoms with van der Waals surface area (Å²) < 4.78 is 0.447. The predicted molar refractivity (Wildman–Crippen MR) is 99.4 cm³/mol. The molecule has 27 heavy (non-hydrogen) atoms. The van der Waals surface area contributed by atoms with Gasteiger partial charge in [0.15, 0.2) is 10.7 Å². The average Bonchev–Trinajstić information content (AvgIpc) is 3.13. The summed E-state index contributed by atoms with van der Waals surface area (Å²) in [5, 5.41) is 17.7. The summed E-state index contributed by atoms with van der Waals surface area (Å²) >= 11 is 0. The maximum absolute atomic E-state index is 11.3. The van der Waals surface area contributed by atoms with Crippen molar-refractivity contribution >= 4 is 17.6 Å². The van der Waals surface area contributed by atoms with Gasteiger partial charge < -0.3 is 15.7 Å². The zero-order valence-electron chi connectivity index (χ0n) is 14.9. The van der Waals surface area contributed by atoms with Crippen LogP contribution in [-0.2, 0) is 0 Å². The number of rotatable bonds is 4. The highest BCUT2D eigenvalue weighted by Crippen LogP contribution is 2.25. The van der Waals surface area contributed by atoms with E-state index in [1.54, 1.807) is 6.07 Å². The van der Waals surface area contributed by atoms with Crippen LogP contribution in [0.1, 0.15) is 40.6 Å². The van der Waals surface area contributed by atoms with Gasteiger partial charge in [-0.2, -0.15) is 0 Å². The number of carbonyl (C=O) groups excluding carboxylic acids is 1. The molecule has 0 unspecified atom stereocenters. The van der Waals surface area contributed by atoms with Crippen LogP contribution in [0.4, 0.5) is 5.69 Å². The fourth-order valence-corrected chi connectivity index (χ4v) is 2.89. The lowest BCUT2D eigenvalue weighted by molar-refractivity contribution is -0.542. The summed E-state index contributed by atoms with van der Waals surface area (Å²) in [5.74, 6) is -0.863. The van der Waals surface area contributed by atoms with Crippen LogP contribution in [-0.4, -0.2) is 39.8 Å². The van der Waals surface area contributed by atoms with Gasteiger partial charge in [-0.05, 0) is 43.0 Å². The quantitative estimate of drug-likeness (QED) is 0.623. The number of carboxylic acids is 1. The van der Waals surface area contributed by atoms with Crippen molar-refractivity contribution in [1.29, 1.82) is 0 Å². The van der Waals surface area contributed by atoms with Crippen LogP contribution in [0.3, 0.4) is 0 Å². The van der Waals surface area contributed by atoms with E-state index in [2.05, 4.69) is 11.8 Å². The number of primary amides is 1. The van der Waals surface area contributed by atoms with E-state index in [0.717, 1.165) is 37.0 Å². The molecule has 144 valence electrons. The lowest BCUT2D eigenvalue weighted by Gasteiger charge is -2.33. The molecule has 0 bridgehead atoms. The maximum atomic E-state index is 11.3. The number of aromatic carboxylic acids is 1. The molecular formula is C18H22N4O5. The molecule has 3 N–H and O–H groups in total. The maximum Gasteiger partial charge on any atom is 0.358 e. The molecule has 1 aliphatic heterocycles. The van der Waals surface area contributed by atoms with E-state index in [1.165, 1.54) is 18.9 Å². The Bertz CT molecular complexity index is 796. The molecule has 1 amide bonds. The van der Waals surface area contributed by atoms with E-state index in [9.17, 15) is 19.7 Å². The van der Waals surface area contributed by atoms with Gasteiger partial charge >= 0.3 is 5.97 Å². The molecule has 2 heterocycles. The number of amides is 1. The molecule has 0 aliphatic carbocycles. The SMILES string of the molecule is CC1CCN(c2ccccc2C(N)=O)CC1.O=C(O)c1cccn1[N+](=O)[O-]. The van der Waals surface area contributed by atoms with Gasteiger partial charge in [-0.15, -0.1) is 0 Å². The van der Waals surface area contributed by atoms with Gasteiger partial charge in [0.05, 0.1) is 11.8 Å². The van der Waals surface area contributed by atoms with Crippen LogP contribution in [0.2, 0.25) is 0 Å². The van der Waals surface area contributed by atoms with Gasteiger partial charge in [0, 0.05) is 18.8 Å². The zero-order chi connectivity index (χ0) is 20.0. The Morgan fingerprint density at radius 2 is 1.81 bits per heavy atom. The van der Waals surface area contributed by atoms with Crippen molar-refractivity contribution in [3.05, 3.63) is 64.0 Å². The largest absolute Gasteiger partial charge is 0.476 e. The first-order chi connectivity index (χ1) is 12.8. The van der Waals surface area contributed by atoms with Gasteiger partial charge in [-0.25, -0.2) is 14.9 Å². The van der Waals surface area contributed by atoms with Crippen molar-refractivity contribution in [2.75, 3.05) is 18.0 Å². The fourth-order valence-electron chi connectivity index (χ4n) is 2.89. The molecule has 1 fully saturated rings. The number of nitrogens with zero attached hydrogens (tertiary/aromatic N) is 3. The van der Waals surface area contributed by atoms with Gasteiger partial charge in [-0.3, -0.25) is 4.79 Å². The zero-order valence-corrected chi connectivity index (χ0v) is 14.9. The number of nitrogens with two attached hydrogens (primary N) is 1. The van der Waals surface area contributed by atoms with Crippen LogP contribution in [0.5, 0.6) is 0 Å². The van der Waals surface area contributed by atoms with Crippen molar-refractivity contribution in [2.45, 2.75) is 19.8 Å². The number of carbonyl (C=O) groups is 2. The lowest BCUT2D eigenvalue weighted by Crippen LogP contribution is -2.34. The highest BCUT2D eigenvalue weighted by atomic mass is 16.7. The molecule has 1 saturated heterocycles. The first-order valence-electron chi connectivity index (χ1n) is 8.50. The van der Waals surface area contributed by atoms with E-state index < -0.39 is 11.0 Å². The highest BCUT2D eigenvalue weighted by Gasteiger charge is 2.19. The molecule has 9 heteroatoms. The number of benzene rings is 1. The summed E-state index contributed by atoms with van der Waals surface area (Å²) in [6, 6.07) is 10.1. The van der Waals surface area contributed by atoms with Crippen molar-refractivity contribution in [1.82, 2.24) is 4.68 Å². The third-order valence-corrected chi connectivity index (χ3v) is 4.42. The Kier molecular flexibility index (Phi) is 6.53. The van der Waals surface area contributed by atoms with Crippen molar-refractivity contribution in [3.63, 3.8) is 0 Å². The van der Waals surface area contributed by atoms with Gasteiger partial charge in [0.1, 0.15) is 0 Å². The smallest absolute Gasteiger partial charge is 0.358 e. The van der Waals surface area contributed by atoms with Gasteiger partial charge in [-0.1, -0.05) is 23.7 Å². The highest BCUT2D eigenvalue weighted by molar-refractivity contribution is 5.98. The van der Waals surface area contributed by atoms with E-state index in [4.69, 9.17) is 10.8 Å². The third kappa shape index (κ3) is 5.06. The molecule has 9 nitrogen and oxygen atoms in total. The number of nitro groups is 1. The molecule has 3 rings (SSSR count). The Morgan fingerprint density at radius 3 is 2.33 bits per heavy atom. The van der Waals surface area contributed by atoms with Crippen LogP contribution in [0.15, 0.2) is 42.6 Å². The van der Waals surface area contributed by atoms with Crippen molar-refractivity contribution in [3.8, 4) is 0 Å². The predicted octanol–water partition coefficient (Wildman–Crippen LogP) is 2.25. The second-order valence-electron chi connectivity index (χ2n) is 6.33. The fraction of sp³-hybridized carbons (Fsp3) is 0.333.